The fourth-order valence-corrected chi connectivity index (χ4v) is 2.82. The Bertz CT molecular complexity index is 819. The van der Waals surface area contributed by atoms with Crippen molar-refractivity contribution in [2.45, 2.75) is 26.8 Å². The summed E-state index contributed by atoms with van der Waals surface area (Å²) >= 11 is 0. The van der Waals surface area contributed by atoms with E-state index < -0.39 is 0 Å². The van der Waals surface area contributed by atoms with Gasteiger partial charge in [0.25, 0.3) is 0 Å². The highest BCUT2D eigenvalue weighted by Crippen LogP contribution is 2.32. The van der Waals surface area contributed by atoms with Crippen LogP contribution >= 0.6 is 0 Å². The van der Waals surface area contributed by atoms with Gasteiger partial charge < -0.3 is 19.7 Å². The molecule has 1 N–H and O–H groups in total. The molecule has 3 rings (SSSR count). The van der Waals surface area contributed by atoms with Crippen LogP contribution in [0.15, 0.2) is 42.5 Å². The van der Waals surface area contributed by atoms with E-state index in [1.165, 1.54) is 6.92 Å². The number of hydrogen-bond donors (Lipinski definition) is 1. The number of fused-ring (bicyclic) bond motifs is 1. The normalized spacial score (nSPS) is 11.9. The minimum Gasteiger partial charge on any atom is -0.454 e. The maximum Gasteiger partial charge on any atom is 0.231 e. The predicted molar refractivity (Wildman–Crippen MR) is 98.2 cm³/mol. The number of benzene rings is 2. The van der Waals surface area contributed by atoms with Crippen molar-refractivity contribution in [2.24, 2.45) is 0 Å². The zero-order valence-corrected chi connectivity index (χ0v) is 15.0. The third-order valence-electron chi connectivity index (χ3n) is 4.18. The van der Waals surface area contributed by atoms with Gasteiger partial charge in [0, 0.05) is 32.1 Å². The van der Waals surface area contributed by atoms with Crippen LogP contribution < -0.4 is 19.7 Å². The number of hydrogen-bond acceptors (Lipinski definition) is 4. The van der Waals surface area contributed by atoms with Crippen LogP contribution in [0.25, 0.3) is 0 Å². The van der Waals surface area contributed by atoms with Gasteiger partial charge >= 0.3 is 0 Å². The van der Waals surface area contributed by atoms with Crippen LogP contribution in [0.5, 0.6) is 11.5 Å². The molecular formula is C20H22N2O4. The number of aryl methyl sites for hydroxylation is 1. The van der Waals surface area contributed by atoms with Gasteiger partial charge in [-0.3, -0.25) is 9.59 Å². The number of nitrogens with one attached hydrogen (secondary N) is 1. The molecule has 1 aliphatic heterocycles. The van der Waals surface area contributed by atoms with E-state index in [9.17, 15) is 9.59 Å². The summed E-state index contributed by atoms with van der Waals surface area (Å²) in [5, 5.41) is 2.87. The van der Waals surface area contributed by atoms with E-state index >= 15 is 0 Å². The molecule has 0 bridgehead atoms. The summed E-state index contributed by atoms with van der Waals surface area (Å²) in [5.41, 5.74) is 2.81. The topological polar surface area (TPSA) is 67.9 Å². The number of carbonyl (C=O) groups excluding carboxylic acids is 2. The van der Waals surface area contributed by atoms with Crippen LogP contribution in [0.4, 0.5) is 5.69 Å². The molecule has 2 aromatic rings. The van der Waals surface area contributed by atoms with E-state index in [1.54, 1.807) is 4.90 Å². The Kier molecular flexibility index (Phi) is 5.41. The number of ether oxygens (including phenoxy) is 2. The molecule has 0 aromatic heterocycles. The average molecular weight is 354 g/mol. The fourth-order valence-electron chi connectivity index (χ4n) is 2.82. The largest absolute Gasteiger partial charge is 0.454 e. The van der Waals surface area contributed by atoms with Crippen molar-refractivity contribution in [1.82, 2.24) is 5.32 Å². The molecule has 6 nitrogen and oxygen atoms in total. The molecule has 0 spiro atoms. The number of carbonyl (C=O) groups is 2. The quantitative estimate of drug-likeness (QED) is 0.866. The molecule has 0 unspecified atom stereocenters. The summed E-state index contributed by atoms with van der Waals surface area (Å²) in [6.07, 6.45) is 0.234. The van der Waals surface area contributed by atoms with Crippen molar-refractivity contribution in [3.8, 4) is 11.5 Å². The van der Waals surface area contributed by atoms with E-state index in [1.807, 2.05) is 49.4 Å². The highest BCUT2D eigenvalue weighted by Gasteiger charge is 2.15. The molecule has 1 heterocycles. The SMILES string of the molecule is CC(=O)N(CCC(=O)NCc1ccc2c(c1)OCO2)c1cccc(C)c1. The first-order chi connectivity index (χ1) is 12.5. The first-order valence-corrected chi connectivity index (χ1v) is 8.53. The van der Waals surface area contributed by atoms with Crippen LogP contribution in [-0.2, 0) is 16.1 Å². The molecule has 0 radical (unpaired) electrons. The summed E-state index contributed by atoms with van der Waals surface area (Å²) in [5.74, 6) is 1.22. The molecule has 6 heteroatoms. The first-order valence-electron chi connectivity index (χ1n) is 8.53. The van der Waals surface area contributed by atoms with Crippen LogP contribution in [0.1, 0.15) is 24.5 Å². The maximum absolute atomic E-state index is 12.2. The number of anilines is 1. The van der Waals surface area contributed by atoms with Gasteiger partial charge in [0.1, 0.15) is 0 Å². The highest BCUT2D eigenvalue weighted by molar-refractivity contribution is 5.92. The second-order valence-corrected chi connectivity index (χ2v) is 6.22. The van der Waals surface area contributed by atoms with Gasteiger partial charge in [0.05, 0.1) is 0 Å². The number of rotatable bonds is 6. The maximum atomic E-state index is 12.2. The Hall–Kier alpha value is -3.02. The fraction of sp³-hybridized carbons (Fsp3) is 0.300. The summed E-state index contributed by atoms with van der Waals surface area (Å²) < 4.78 is 10.6. The molecule has 0 aliphatic carbocycles. The second-order valence-electron chi connectivity index (χ2n) is 6.22. The molecule has 0 saturated heterocycles. The monoisotopic (exact) mass is 354 g/mol. The van der Waals surface area contributed by atoms with Crippen LogP contribution in [0, 0.1) is 6.92 Å². The molecular weight excluding hydrogens is 332 g/mol. The molecule has 0 atom stereocenters. The summed E-state index contributed by atoms with van der Waals surface area (Å²) in [6.45, 7) is 4.45. The third-order valence-corrected chi connectivity index (χ3v) is 4.18. The molecule has 1 aliphatic rings. The van der Waals surface area contributed by atoms with E-state index in [0.717, 1.165) is 22.6 Å². The summed E-state index contributed by atoms with van der Waals surface area (Å²) in [4.78, 5) is 25.7. The molecule has 136 valence electrons. The van der Waals surface area contributed by atoms with Crippen molar-refractivity contribution in [3.63, 3.8) is 0 Å². The first kappa shape index (κ1) is 17.8. The molecule has 0 fully saturated rings. The zero-order chi connectivity index (χ0) is 18.5. The Morgan fingerprint density at radius 3 is 2.69 bits per heavy atom. The Morgan fingerprint density at radius 2 is 1.92 bits per heavy atom. The molecule has 2 amide bonds. The van der Waals surface area contributed by atoms with Gasteiger partial charge in [-0.1, -0.05) is 18.2 Å². The lowest BCUT2D eigenvalue weighted by Crippen LogP contribution is -2.33. The van der Waals surface area contributed by atoms with Crippen molar-refractivity contribution in [3.05, 3.63) is 53.6 Å². The van der Waals surface area contributed by atoms with E-state index in [0.29, 0.717) is 18.8 Å². The number of amides is 2. The lowest BCUT2D eigenvalue weighted by atomic mass is 10.2. The smallest absolute Gasteiger partial charge is 0.231 e. The standard InChI is InChI=1S/C20H22N2O4/c1-14-4-3-5-17(10-14)22(15(2)23)9-8-20(24)21-12-16-6-7-18-19(11-16)26-13-25-18/h3-7,10-11H,8-9,12-13H2,1-2H3,(H,21,24). The van der Waals surface area contributed by atoms with Gasteiger partial charge in [0.15, 0.2) is 11.5 Å². The van der Waals surface area contributed by atoms with Gasteiger partial charge in [-0.15, -0.1) is 0 Å². The van der Waals surface area contributed by atoms with Crippen LogP contribution in [-0.4, -0.2) is 25.2 Å². The van der Waals surface area contributed by atoms with Gasteiger partial charge in [-0.2, -0.15) is 0 Å². The average Bonchev–Trinajstić information content (AvgIpc) is 3.07. The predicted octanol–water partition coefficient (Wildman–Crippen LogP) is 2.78. The Balaban J connectivity index is 1.53. The molecule has 0 saturated carbocycles. The second kappa shape index (κ2) is 7.91. The number of nitrogens with zero attached hydrogens (tertiary/aromatic N) is 1. The van der Waals surface area contributed by atoms with Crippen molar-refractivity contribution < 1.29 is 19.1 Å². The van der Waals surface area contributed by atoms with E-state index in [2.05, 4.69) is 5.32 Å². The Labute approximate surface area is 152 Å². The highest BCUT2D eigenvalue weighted by atomic mass is 16.7. The van der Waals surface area contributed by atoms with Crippen LogP contribution in [0.2, 0.25) is 0 Å². The zero-order valence-electron chi connectivity index (χ0n) is 15.0. The van der Waals surface area contributed by atoms with Crippen molar-refractivity contribution >= 4 is 17.5 Å². The van der Waals surface area contributed by atoms with E-state index in [-0.39, 0.29) is 25.0 Å². The summed E-state index contributed by atoms with van der Waals surface area (Å²) in [6, 6.07) is 13.3. The van der Waals surface area contributed by atoms with Gasteiger partial charge in [-0.05, 0) is 42.3 Å². The summed E-state index contributed by atoms with van der Waals surface area (Å²) in [7, 11) is 0. The minimum absolute atomic E-state index is 0.0841. The van der Waals surface area contributed by atoms with Crippen molar-refractivity contribution in [1.29, 1.82) is 0 Å². The van der Waals surface area contributed by atoms with Gasteiger partial charge in [-0.25, -0.2) is 0 Å². The third kappa shape index (κ3) is 4.33. The van der Waals surface area contributed by atoms with Crippen molar-refractivity contribution in [2.75, 3.05) is 18.2 Å². The van der Waals surface area contributed by atoms with Crippen LogP contribution in [0.3, 0.4) is 0 Å². The van der Waals surface area contributed by atoms with E-state index in [4.69, 9.17) is 9.47 Å². The minimum atomic E-state index is -0.110. The lowest BCUT2D eigenvalue weighted by molar-refractivity contribution is -0.121. The molecule has 2 aromatic carbocycles. The van der Waals surface area contributed by atoms with Gasteiger partial charge in [0.2, 0.25) is 18.6 Å². The molecule has 26 heavy (non-hydrogen) atoms. The Morgan fingerprint density at radius 1 is 1.12 bits per heavy atom. The lowest BCUT2D eigenvalue weighted by Gasteiger charge is -2.21.